The smallest absolute Gasteiger partial charge is 0.387 e. The van der Waals surface area contributed by atoms with Crippen LogP contribution in [0.15, 0.2) is 36.5 Å². The summed E-state index contributed by atoms with van der Waals surface area (Å²) >= 11 is 0. The molecule has 0 saturated heterocycles. The number of nitrogens with zero attached hydrogens (tertiary/aromatic N) is 5. The minimum Gasteiger partial charge on any atom is -0.435 e. The quantitative estimate of drug-likeness (QED) is 0.539. The number of hydrogen-bond donors (Lipinski definition) is 2. The molecule has 0 aliphatic carbocycles. The Morgan fingerprint density at radius 3 is 2.48 bits per heavy atom. The molecule has 0 fully saturated rings. The lowest BCUT2D eigenvalue weighted by atomic mass is 10.1. The van der Waals surface area contributed by atoms with Gasteiger partial charge >= 0.3 is 6.61 Å². The van der Waals surface area contributed by atoms with Gasteiger partial charge in [-0.1, -0.05) is 12.1 Å². The summed E-state index contributed by atoms with van der Waals surface area (Å²) in [5.74, 6) is 0.115. The highest BCUT2D eigenvalue weighted by atomic mass is 19.3. The van der Waals surface area contributed by atoms with E-state index in [2.05, 4.69) is 24.7 Å². The number of benzene rings is 1. The molecule has 4 aromatic rings. The van der Waals surface area contributed by atoms with Gasteiger partial charge in [0.25, 0.3) is 0 Å². The van der Waals surface area contributed by atoms with Crippen LogP contribution >= 0.6 is 0 Å². The number of fused-ring (bicyclic) bond motifs is 1. The van der Waals surface area contributed by atoms with Crippen molar-refractivity contribution < 1.29 is 17.9 Å². The normalized spacial score (nSPS) is 11.3. The van der Waals surface area contributed by atoms with Crippen LogP contribution in [0.3, 0.4) is 0 Å². The number of aromatic nitrogens is 5. The zero-order valence-electron chi connectivity index (χ0n) is 15.0. The minimum atomic E-state index is -2.94. The molecule has 0 saturated carbocycles. The number of hydrogen-bond acceptors (Lipinski definition) is 7. The van der Waals surface area contributed by atoms with Crippen LogP contribution in [-0.2, 0) is 0 Å². The van der Waals surface area contributed by atoms with Crippen molar-refractivity contribution in [3.05, 3.63) is 48.2 Å². The van der Waals surface area contributed by atoms with Gasteiger partial charge in [-0.15, -0.1) is 0 Å². The Morgan fingerprint density at radius 1 is 1.07 bits per heavy atom. The molecule has 0 aliphatic heterocycles. The van der Waals surface area contributed by atoms with Crippen molar-refractivity contribution in [2.24, 2.45) is 0 Å². The van der Waals surface area contributed by atoms with Crippen LogP contribution in [-0.4, -0.2) is 31.1 Å². The van der Waals surface area contributed by atoms with Crippen LogP contribution in [0.2, 0.25) is 0 Å². The van der Waals surface area contributed by atoms with E-state index in [0.717, 1.165) is 6.20 Å². The molecule has 11 heteroatoms. The van der Waals surface area contributed by atoms with Crippen molar-refractivity contribution in [1.29, 1.82) is 0 Å². The Bertz CT molecular complexity index is 1210. The standard InChI is InChI=1S/C18H14F3N7O/c1-8-25-15-12(6-10(19)7-24-15)28(8)16-13(14(22)26-18(23)27-16)9-2-4-11(5-3-9)29-17(20)21/h2-7,17H,1H3,(H4,22,23,26,27). The number of halogens is 3. The molecule has 0 bridgehead atoms. The molecule has 29 heavy (non-hydrogen) atoms. The van der Waals surface area contributed by atoms with E-state index in [4.69, 9.17) is 11.5 Å². The van der Waals surface area contributed by atoms with Crippen molar-refractivity contribution >= 4 is 22.9 Å². The lowest BCUT2D eigenvalue weighted by molar-refractivity contribution is -0.0498. The van der Waals surface area contributed by atoms with Gasteiger partial charge < -0.3 is 16.2 Å². The van der Waals surface area contributed by atoms with Gasteiger partial charge in [0.05, 0.1) is 17.3 Å². The molecule has 3 aromatic heterocycles. The number of alkyl halides is 2. The summed E-state index contributed by atoms with van der Waals surface area (Å²) in [6, 6.07) is 7.04. The second kappa shape index (κ2) is 6.93. The van der Waals surface area contributed by atoms with E-state index in [1.54, 1.807) is 11.5 Å². The van der Waals surface area contributed by atoms with Gasteiger partial charge in [0.15, 0.2) is 11.5 Å². The lowest BCUT2D eigenvalue weighted by Crippen LogP contribution is -2.10. The molecule has 0 aliphatic rings. The third kappa shape index (κ3) is 3.37. The van der Waals surface area contributed by atoms with Crippen LogP contribution in [0, 0.1) is 12.7 Å². The Morgan fingerprint density at radius 2 is 1.79 bits per heavy atom. The lowest BCUT2D eigenvalue weighted by Gasteiger charge is -2.15. The first-order valence-electron chi connectivity index (χ1n) is 8.32. The van der Waals surface area contributed by atoms with Crippen LogP contribution in [0.1, 0.15) is 5.82 Å². The van der Waals surface area contributed by atoms with Crippen LogP contribution in [0.5, 0.6) is 5.75 Å². The average Bonchev–Trinajstić information content (AvgIpc) is 2.96. The topological polar surface area (TPSA) is 118 Å². The van der Waals surface area contributed by atoms with E-state index in [-0.39, 0.29) is 23.3 Å². The number of rotatable bonds is 4. The third-order valence-electron chi connectivity index (χ3n) is 4.16. The first kappa shape index (κ1) is 18.5. The monoisotopic (exact) mass is 401 g/mol. The molecule has 4 rings (SSSR count). The van der Waals surface area contributed by atoms with Crippen LogP contribution < -0.4 is 16.2 Å². The first-order chi connectivity index (χ1) is 13.8. The number of anilines is 2. The summed E-state index contributed by atoms with van der Waals surface area (Å²) in [5, 5.41) is 0. The highest BCUT2D eigenvalue weighted by Gasteiger charge is 2.20. The summed E-state index contributed by atoms with van der Waals surface area (Å²) in [4.78, 5) is 16.5. The molecule has 8 nitrogen and oxygen atoms in total. The second-order valence-corrected chi connectivity index (χ2v) is 6.06. The molecule has 3 heterocycles. The van der Waals surface area contributed by atoms with Gasteiger partial charge in [0.1, 0.15) is 23.2 Å². The van der Waals surface area contributed by atoms with E-state index in [1.165, 1.54) is 30.3 Å². The highest BCUT2D eigenvalue weighted by molar-refractivity contribution is 5.84. The Labute approximate surface area is 162 Å². The average molecular weight is 401 g/mol. The predicted molar refractivity (Wildman–Crippen MR) is 100 cm³/mol. The maximum absolute atomic E-state index is 13.8. The summed E-state index contributed by atoms with van der Waals surface area (Å²) in [7, 11) is 0. The fourth-order valence-corrected chi connectivity index (χ4v) is 3.04. The van der Waals surface area contributed by atoms with Gasteiger partial charge in [0, 0.05) is 6.07 Å². The molecular formula is C18H14F3N7O. The first-order valence-corrected chi connectivity index (χ1v) is 8.32. The maximum Gasteiger partial charge on any atom is 0.387 e. The number of nitrogens with two attached hydrogens (primary N) is 2. The largest absolute Gasteiger partial charge is 0.435 e. The molecule has 0 amide bonds. The van der Waals surface area contributed by atoms with Crippen molar-refractivity contribution in [2.45, 2.75) is 13.5 Å². The summed E-state index contributed by atoms with van der Waals surface area (Å²) < 4.78 is 44.5. The van der Waals surface area contributed by atoms with Crippen LogP contribution in [0.4, 0.5) is 24.9 Å². The highest BCUT2D eigenvalue weighted by Crippen LogP contribution is 2.34. The molecule has 148 valence electrons. The summed E-state index contributed by atoms with van der Waals surface area (Å²) in [6.07, 6.45) is 1.06. The van der Waals surface area contributed by atoms with Gasteiger partial charge in [-0.25, -0.2) is 14.4 Å². The minimum absolute atomic E-state index is 0.0178. The van der Waals surface area contributed by atoms with Gasteiger partial charge in [-0.05, 0) is 24.6 Å². The number of imidazole rings is 1. The number of pyridine rings is 1. The van der Waals surface area contributed by atoms with Gasteiger partial charge in [-0.3, -0.25) is 4.57 Å². The second-order valence-electron chi connectivity index (χ2n) is 6.06. The number of nitrogen functional groups attached to an aromatic ring is 2. The SMILES string of the molecule is Cc1nc2ncc(F)cc2n1-c1nc(N)nc(N)c1-c1ccc(OC(F)F)cc1. The summed E-state index contributed by atoms with van der Waals surface area (Å²) in [5.41, 5.74) is 13.4. The van der Waals surface area contributed by atoms with Crippen LogP contribution in [0.25, 0.3) is 28.1 Å². The van der Waals surface area contributed by atoms with E-state index in [9.17, 15) is 13.2 Å². The maximum atomic E-state index is 13.8. The van der Waals surface area contributed by atoms with E-state index >= 15 is 0 Å². The van der Waals surface area contributed by atoms with Crippen molar-refractivity contribution in [3.8, 4) is 22.7 Å². The fourth-order valence-electron chi connectivity index (χ4n) is 3.04. The van der Waals surface area contributed by atoms with Crippen molar-refractivity contribution in [2.75, 3.05) is 11.5 Å². The predicted octanol–water partition coefficient (Wildman–Crippen LogP) is 3.09. The zero-order valence-corrected chi connectivity index (χ0v) is 15.0. The van der Waals surface area contributed by atoms with E-state index < -0.39 is 12.4 Å². The zero-order chi connectivity index (χ0) is 20.7. The molecule has 0 atom stereocenters. The summed E-state index contributed by atoms with van der Waals surface area (Å²) in [6.45, 7) is -1.25. The van der Waals surface area contributed by atoms with Crippen molar-refractivity contribution in [1.82, 2.24) is 24.5 Å². The van der Waals surface area contributed by atoms with Crippen molar-refractivity contribution in [3.63, 3.8) is 0 Å². The third-order valence-corrected chi connectivity index (χ3v) is 4.16. The molecule has 1 aromatic carbocycles. The Hall–Kier alpha value is -3.89. The van der Waals surface area contributed by atoms with E-state index in [1.807, 2.05) is 0 Å². The molecule has 0 unspecified atom stereocenters. The van der Waals surface area contributed by atoms with E-state index in [0.29, 0.717) is 28.1 Å². The van der Waals surface area contributed by atoms with Gasteiger partial charge in [0.2, 0.25) is 5.95 Å². The number of ether oxygens (including phenoxy) is 1. The molecule has 0 spiro atoms. The molecule has 0 radical (unpaired) electrons. The number of aryl methyl sites for hydroxylation is 1. The fraction of sp³-hybridized carbons (Fsp3) is 0.111. The molecule has 4 N–H and O–H groups in total. The Kier molecular flexibility index (Phi) is 4.41. The molecular weight excluding hydrogens is 387 g/mol. The van der Waals surface area contributed by atoms with Gasteiger partial charge in [-0.2, -0.15) is 18.7 Å². The Balaban J connectivity index is 1.94.